The number of rotatable bonds is 4. The number of amides is 2. The Morgan fingerprint density at radius 2 is 2.33 bits per heavy atom. The fourth-order valence-corrected chi connectivity index (χ4v) is 1.68. The van der Waals surface area contributed by atoms with Gasteiger partial charge in [-0.1, -0.05) is 13.3 Å². The van der Waals surface area contributed by atoms with Gasteiger partial charge < -0.3 is 15.4 Å². The van der Waals surface area contributed by atoms with Gasteiger partial charge in [0.2, 0.25) is 0 Å². The zero-order valence-corrected chi connectivity index (χ0v) is 9.93. The van der Waals surface area contributed by atoms with Crippen molar-refractivity contribution in [1.29, 1.82) is 0 Å². The Labute approximate surface area is 91.8 Å². The van der Waals surface area contributed by atoms with Crippen LogP contribution in [0.4, 0.5) is 4.79 Å². The lowest BCUT2D eigenvalue weighted by atomic mass is 9.95. The number of urea groups is 1. The van der Waals surface area contributed by atoms with E-state index >= 15 is 0 Å². The van der Waals surface area contributed by atoms with E-state index in [1.807, 2.05) is 13.8 Å². The molecular formula is C11H22N2O2. The van der Waals surface area contributed by atoms with Crippen LogP contribution in [0.5, 0.6) is 0 Å². The van der Waals surface area contributed by atoms with Crippen molar-refractivity contribution in [2.75, 3.05) is 13.2 Å². The summed E-state index contributed by atoms with van der Waals surface area (Å²) in [5, 5.41) is 5.84. The first-order chi connectivity index (χ1) is 7.08. The zero-order chi connectivity index (χ0) is 11.3. The van der Waals surface area contributed by atoms with Crippen molar-refractivity contribution in [3.8, 4) is 0 Å². The summed E-state index contributed by atoms with van der Waals surface area (Å²) >= 11 is 0. The van der Waals surface area contributed by atoms with Crippen LogP contribution in [0.15, 0.2) is 0 Å². The molecule has 0 aromatic carbocycles. The molecule has 0 bridgehead atoms. The Hall–Kier alpha value is -0.770. The molecule has 2 atom stereocenters. The minimum atomic E-state index is -0.212. The van der Waals surface area contributed by atoms with Crippen molar-refractivity contribution in [2.24, 2.45) is 0 Å². The van der Waals surface area contributed by atoms with Gasteiger partial charge in [0.1, 0.15) is 0 Å². The Morgan fingerprint density at radius 1 is 1.60 bits per heavy atom. The molecule has 0 spiro atoms. The highest BCUT2D eigenvalue weighted by Gasteiger charge is 2.38. The molecule has 1 heterocycles. The lowest BCUT2D eigenvalue weighted by Gasteiger charge is -2.28. The van der Waals surface area contributed by atoms with Crippen molar-refractivity contribution in [3.05, 3.63) is 0 Å². The summed E-state index contributed by atoms with van der Waals surface area (Å²) in [6.45, 7) is 7.61. The Balaban J connectivity index is 2.30. The van der Waals surface area contributed by atoms with Gasteiger partial charge in [0.05, 0.1) is 11.6 Å². The lowest BCUT2D eigenvalue weighted by molar-refractivity contribution is 0.0912. The van der Waals surface area contributed by atoms with E-state index in [2.05, 4.69) is 17.6 Å². The molecule has 2 N–H and O–H groups in total. The normalized spacial score (nSPS) is 30.2. The average molecular weight is 214 g/mol. The summed E-state index contributed by atoms with van der Waals surface area (Å²) in [6, 6.07) is -0.0803. The van der Waals surface area contributed by atoms with Crippen molar-refractivity contribution in [2.45, 2.75) is 51.7 Å². The van der Waals surface area contributed by atoms with Gasteiger partial charge in [-0.3, -0.25) is 0 Å². The molecule has 88 valence electrons. The average Bonchev–Trinajstić information content (AvgIpc) is 2.47. The maximum atomic E-state index is 11.5. The first kappa shape index (κ1) is 12.3. The molecule has 0 aromatic rings. The minimum absolute atomic E-state index is 0.0803. The Bertz CT molecular complexity index is 221. The highest BCUT2D eigenvalue weighted by Crippen LogP contribution is 2.24. The molecule has 2 amide bonds. The lowest BCUT2D eigenvalue weighted by Crippen LogP contribution is -2.54. The van der Waals surface area contributed by atoms with Gasteiger partial charge in [-0.15, -0.1) is 0 Å². The van der Waals surface area contributed by atoms with E-state index in [1.165, 1.54) is 0 Å². The maximum Gasteiger partial charge on any atom is 0.315 e. The third kappa shape index (κ3) is 3.38. The quantitative estimate of drug-likeness (QED) is 0.699. The summed E-state index contributed by atoms with van der Waals surface area (Å²) in [5.74, 6) is 0. The van der Waals surface area contributed by atoms with E-state index in [-0.39, 0.29) is 17.7 Å². The highest BCUT2D eigenvalue weighted by molar-refractivity contribution is 5.74. The standard InChI is InChI=1S/C11H22N2O2/c1-4-5-7-12-10(14)13-11(3)6-8-15-9(11)2/h9H,4-8H2,1-3H3,(H2,12,13,14). The number of nitrogens with one attached hydrogen (secondary N) is 2. The van der Waals surface area contributed by atoms with E-state index in [0.717, 1.165) is 32.4 Å². The van der Waals surface area contributed by atoms with E-state index in [4.69, 9.17) is 4.74 Å². The Kier molecular flexibility index (Phi) is 4.39. The van der Waals surface area contributed by atoms with Gasteiger partial charge in [0, 0.05) is 13.2 Å². The summed E-state index contributed by atoms with van der Waals surface area (Å²) in [6.07, 6.45) is 3.09. The summed E-state index contributed by atoms with van der Waals surface area (Å²) < 4.78 is 5.45. The van der Waals surface area contributed by atoms with Gasteiger partial charge in [0.25, 0.3) is 0 Å². The third-order valence-electron chi connectivity index (χ3n) is 3.10. The number of carbonyl (C=O) groups excluding carboxylic acids is 1. The first-order valence-electron chi connectivity index (χ1n) is 5.76. The molecule has 1 rings (SSSR count). The van der Waals surface area contributed by atoms with E-state index in [9.17, 15) is 4.79 Å². The van der Waals surface area contributed by atoms with E-state index < -0.39 is 0 Å². The zero-order valence-electron chi connectivity index (χ0n) is 9.93. The molecule has 0 saturated carbocycles. The monoisotopic (exact) mass is 214 g/mol. The molecular weight excluding hydrogens is 192 g/mol. The van der Waals surface area contributed by atoms with Gasteiger partial charge >= 0.3 is 6.03 Å². The van der Waals surface area contributed by atoms with Gasteiger partial charge in [-0.2, -0.15) is 0 Å². The molecule has 1 aliphatic rings. The largest absolute Gasteiger partial charge is 0.376 e. The second kappa shape index (κ2) is 5.35. The van der Waals surface area contributed by atoms with Crippen LogP contribution in [0.25, 0.3) is 0 Å². The van der Waals surface area contributed by atoms with Crippen molar-refractivity contribution < 1.29 is 9.53 Å². The number of hydrogen-bond donors (Lipinski definition) is 2. The second-order valence-electron chi connectivity index (χ2n) is 4.41. The molecule has 1 aliphatic heterocycles. The Morgan fingerprint density at radius 3 is 2.87 bits per heavy atom. The second-order valence-corrected chi connectivity index (χ2v) is 4.41. The predicted molar refractivity (Wildman–Crippen MR) is 59.9 cm³/mol. The van der Waals surface area contributed by atoms with E-state index in [1.54, 1.807) is 0 Å². The van der Waals surface area contributed by atoms with Gasteiger partial charge in [0.15, 0.2) is 0 Å². The molecule has 1 saturated heterocycles. The fraction of sp³-hybridized carbons (Fsp3) is 0.909. The van der Waals surface area contributed by atoms with Crippen LogP contribution in [0.2, 0.25) is 0 Å². The van der Waals surface area contributed by atoms with Crippen LogP contribution in [-0.2, 0) is 4.74 Å². The molecule has 2 unspecified atom stereocenters. The molecule has 0 aromatic heterocycles. The predicted octanol–water partition coefficient (Wildman–Crippen LogP) is 1.65. The van der Waals surface area contributed by atoms with Gasteiger partial charge in [-0.25, -0.2) is 4.79 Å². The van der Waals surface area contributed by atoms with Crippen LogP contribution in [-0.4, -0.2) is 30.8 Å². The topological polar surface area (TPSA) is 50.4 Å². The smallest absolute Gasteiger partial charge is 0.315 e. The van der Waals surface area contributed by atoms with Crippen LogP contribution in [0, 0.1) is 0 Å². The van der Waals surface area contributed by atoms with Crippen LogP contribution in [0.1, 0.15) is 40.0 Å². The van der Waals surface area contributed by atoms with Crippen LogP contribution in [0.3, 0.4) is 0 Å². The van der Waals surface area contributed by atoms with Crippen LogP contribution < -0.4 is 10.6 Å². The third-order valence-corrected chi connectivity index (χ3v) is 3.10. The number of unbranched alkanes of at least 4 members (excludes halogenated alkanes) is 1. The first-order valence-corrected chi connectivity index (χ1v) is 5.76. The summed E-state index contributed by atoms with van der Waals surface area (Å²) in [7, 11) is 0. The highest BCUT2D eigenvalue weighted by atomic mass is 16.5. The number of ether oxygens (including phenoxy) is 1. The maximum absolute atomic E-state index is 11.5. The SMILES string of the molecule is CCCCNC(=O)NC1(C)CCOC1C. The molecule has 0 radical (unpaired) electrons. The molecule has 15 heavy (non-hydrogen) atoms. The summed E-state index contributed by atoms with van der Waals surface area (Å²) in [5.41, 5.74) is -0.212. The van der Waals surface area contributed by atoms with Gasteiger partial charge in [-0.05, 0) is 26.7 Å². The number of carbonyl (C=O) groups is 1. The van der Waals surface area contributed by atoms with E-state index in [0.29, 0.717) is 0 Å². The minimum Gasteiger partial charge on any atom is -0.376 e. The van der Waals surface area contributed by atoms with Crippen molar-refractivity contribution in [3.63, 3.8) is 0 Å². The fourth-order valence-electron chi connectivity index (χ4n) is 1.68. The molecule has 4 heteroatoms. The van der Waals surface area contributed by atoms with Crippen molar-refractivity contribution in [1.82, 2.24) is 10.6 Å². The summed E-state index contributed by atoms with van der Waals surface area (Å²) in [4.78, 5) is 11.5. The number of hydrogen-bond acceptors (Lipinski definition) is 2. The molecule has 4 nitrogen and oxygen atoms in total. The molecule has 1 fully saturated rings. The van der Waals surface area contributed by atoms with Crippen molar-refractivity contribution >= 4 is 6.03 Å². The van der Waals surface area contributed by atoms with Crippen LogP contribution >= 0.6 is 0 Å². The molecule has 0 aliphatic carbocycles.